The molecule has 3 rings (SSSR count). The molecule has 0 saturated carbocycles. The highest BCUT2D eigenvalue weighted by atomic mass is 16.4. The number of aryl methyl sites for hydroxylation is 1. The number of aromatic amines is 1. The van der Waals surface area contributed by atoms with Gasteiger partial charge in [-0.05, 0) is 44.9 Å². The summed E-state index contributed by atoms with van der Waals surface area (Å²) < 4.78 is 5.17. The lowest BCUT2D eigenvalue weighted by Crippen LogP contribution is -2.45. The van der Waals surface area contributed by atoms with Gasteiger partial charge in [0, 0.05) is 28.2 Å². The number of carbonyl (C=O) groups excluding carboxylic acids is 1. The largest absolute Gasteiger partial charge is 0.475 e. The maximum absolute atomic E-state index is 12.4. The summed E-state index contributed by atoms with van der Waals surface area (Å²) in [5.41, 5.74) is 2.04. The van der Waals surface area contributed by atoms with Crippen LogP contribution in [0.3, 0.4) is 0 Å². The average molecular weight is 340 g/mol. The number of hydrogen-bond acceptors (Lipinski definition) is 3. The first-order chi connectivity index (χ1) is 11.8. The van der Waals surface area contributed by atoms with Crippen molar-refractivity contribution < 1.29 is 19.1 Å². The van der Waals surface area contributed by atoms with Crippen LogP contribution < -0.4 is 5.32 Å². The molecule has 0 aliphatic rings. The summed E-state index contributed by atoms with van der Waals surface area (Å²) in [5.74, 6) is -1.82. The summed E-state index contributed by atoms with van der Waals surface area (Å²) in [6.07, 6.45) is 2.56. The standard InChI is InChI=1S/C19H20N2O4/c1-11-8-15(25-16(11)18(23)24)17(22)21-19(2,3)9-12-10-20-14-7-5-4-6-13(12)14/h4-8,10,20H,9H2,1-3H3,(H,21,22)(H,23,24). The monoisotopic (exact) mass is 340 g/mol. The first kappa shape index (κ1) is 16.8. The molecule has 6 heteroatoms. The minimum absolute atomic E-state index is 0.00176. The van der Waals surface area contributed by atoms with Gasteiger partial charge in [-0.1, -0.05) is 18.2 Å². The molecule has 0 bridgehead atoms. The van der Waals surface area contributed by atoms with Crippen LogP contribution in [0.2, 0.25) is 0 Å². The number of para-hydroxylation sites is 1. The number of rotatable bonds is 5. The van der Waals surface area contributed by atoms with E-state index >= 15 is 0 Å². The Labute approximate surface area is 144 Å². The van der Waals surface area contributed by atoms with Crippen LogP contribution in [-0.4, -0.2) is 27.5 Å². The normalized spacial score (nSPS) is 11.6. The predicted molar refractivity (Wildman–Crippen MR) is 94.0 cm³/mol. The molecule has 0 spiro atoms. The van der Waals surface area contributed by atoms with Crippen molar-refractivity contribution in [3.8, 4) is 0 Å². The molecule has 3 N–H and O–H groups in total. The molecule has 6 nitrogen and oxygen atoms in total. The zero-order chi connectivity index (χ0) is 18.2. The molecule has 0 radical (unpaired) electrons. The number of carboxylic acid groups (broad SMARTS) is 1. The van der Waals surface area contributed by atoms with Crippen LogP contribution in [0.4, 0.5) is 0 Å². The highest BCUT2D eigenvalue weighted by Crippen LogP contribution is 2.23. The number of nitrogens with one attached hydrogen (secondary N) is 2. The van der Waals surface area contributed by atoms with E-state index in [1.54, 1.807) is 6.92 Å². The maximum atomic E-state index is 12.4. The zero-order valence-corrected chi connectivity index (χ0v) is 14.3. The number of hydrogen-bond donors (Lipinski definition) is 3. The number of carboxylic acids is 1. The number of furan rings is 1. The minimum atomic E-state index is -1.19. The molecule has 1 amide bonds. The van der Waals surface area contributed by atoms with Gasteiger partial charge in [-0.2, -0.15) is 0 Å². The zero-order valence-electron chi connectivity index (χ0n) is 14.3. The Morgan fingerprint density at radius 1 is 1.28 bits per heavy atom. The van der Waals surface area contributed by atoms with E-state index in [1.165, 1.54) is 6.07 Å². The molecule has 2 aromatic heterocycles. The van der Waals surface area contributed by atoms with E-state index in [0.717, 1.165) is 16.5 Å². The molecule has 2 heterocycles. The third kappa shape index (κ3) is 3.42. The molecule has 25 heavy (non-hydrogen) atoms. The number of aromatic nitrogens is 1. The van der Waals surface area contributed by atoms with Gasteiger partial charge >= 0.3 is 5.97 Å². The van der Waals surface area contributed by atoms with Crippen molar-refractivity contribution >= 4 is 22.8 Å². The molecule has 0 atom stereocenters. The van der Waals surface area contributed by atoms with Gasteiger partial charge in [0.1, 0.15) is 0 Å². The average Bonchev–Trinajstić information content (AvgIpc) is 3.11. The lowest BCUT2D eigenvalue weighted by atomic mass is 9.94. The first-order valence-corrected chi connectivity index (χ1v) is 7.98. The molecule has 130 valence electrons. The first-order valence-electron chi connectivity index (χ1n) is 7.98. The second kappa shape index (κ2) is 6.12. The Kier molecular flexibility index (Phi) is 4.12. The van der Waals surface area contributed by atoms with E-state index in [4.69, 9.17) is 9.52 Å². The van der Waals surface area contributed by atoms with Crippen molar-refractivity contribution in [2.45, 2.75) is 32.7 Å². The van der Waals surface area contributed by atoms with Crippen molar-refractivity contribution in [1.82, 2.24) is 10.3 Å². The van der Waals surface area contributed by atoms with Crippen LogP contribution in [0.5, 0.6) is 0 Å². The van der Waals surface area contributed by atoms with Crippen LogP contribution in [0.1, 0.15) is 46.1 Å². The summed E-state index contributed by atoms with van der Waals surface area (Å²) in [4.78, 5) is 26.7. The number of amides is 1. The van der Waals surface area contributed by atoms with Crippen LogP contribution >= 0.6 is 0 Å². The summed E-state index contributed by atoms with van der Waals surface area (Å²) in [7, 11) is 0. The second-order valence-electron chi connectivity index (χ2n) is 6.80. The molecular weight excluding hydrogens is 320 g/mol. The van der Waals surface area contributed by atoms with Gasteiger partial charge in [0.15, 0.2) is 5.76 Å². The van der Waals surface area contributed by atoms with Gasteiger partial charge in [-0.15, -0.1) is 0 Å². The molecule has 0 aliphatic heterocycles. The predicted octanol–water partition coefficient (Wildman–Crippen LogP) is 3.52. The molecule has 1 aromatic carbocycles. The number of H-pyrrole nitrogens is 1. The van der Waals surface area contributed by atoms with Gasteiger partial charge in [0.05, 0.1) is 0 Å². The Morgan fingerprint density at radius 2 is 2.00 bits per heavy atom. The number of fused-ring (bicyclic) bond motifs is 1. The van der Waals surface area contributed by atoms with Gasteiger partial charge in [-0.25, -0.2) is 4.79 Å². The fraction of sp³-hybridized carbons (Fsp3) is 0.263. The Morgan fingerprint density at radius 3 is 2.68 bits per heavy atom. The van der Waals surface area contributed by atoms with Gasteiger partial charge < -0.3 is 19.8 Å². The van der Waals surface area contributed by atoms with E-state index in [2.05, 4.69) is 10.3 Å². The van der Waals surface area contributed by atoms with Crippen LogP contribution in [0.25, 0.3) is 10.9 Å². The van der Waals surface area contributed by atoms with Crippen molar-refractivity contribution in [2.75, 3.05) is 0 Å². The lowest BCUT2D eigenvalue weighted by Gasteiger charge is -2.25. The van der Waals surface area contributed by atoms with E-state index in [1.807, 2.05) is 44.3 Å². The summed E-state index contributed by atoms with van der Waals surface area (Å²) in [5, 5.41) is 13.1. The van der Waals surface area contributed by atoms with E-state index in [9.17, 15) is 9.59 Å². The molecular formula is C19H20N2O4. The topological polar surface area (TPSA) is 95.3 Å². The molecule has 3 aromatic rings. The van der Waals surface area contributed by atoms with E-state index in [0.29, 0.717) is 12.0 Å². The van der Waals surface area contributed by atoms with Crippen molar-refractivity contribution in [3.05, 3.63) is 59.2 Å². The SMILES string of the molecule is Cc1cc(C(=O)NC(C)(C)Cc2c[nH]c3ccccc23)oc1C(=O)O. The molecule has 0 aliphatic carbocycles. The van der Waals surface area contributed by atoms with Crippen molar-refractivity contribution in [1.29, 1.82) is 0 Å². The third-order valence-electron chi connectivity index (χ3n) is 4.10. The van der Waals surface area contributed by atoms with E-state index < -0.39 is 17.4 Å². The van der Waals surface area contributed by atoms with Crippen molar-refractivity contribution in [3.63, 3.8) is 0 Å². The molecule has 0 unspecified atom stereocenters. The Hall–Kier alpha value is -3.02. The summed E-state index contributed by atoms with van der Waals surface area (Å²) in [6, 6.07) is 9.43. The second-order valence-corrected chi connectivity index (χ2v) is 6.80. The highest BCUT2D eigenvalue weighted by molar-refractivity contribution is 5.95. The van der Waals surface area contributed by atoms with Crippen LogP contribution in [-0.2, 0) is 6.42 Å². The van der Waals surface area contributed by atoms with Gasteiger partial charge in [-0.3, -0.25) is 4.79 Å². The smallest absolute Gasteiger partial charge is 0.372 e. The Balaban J connectivity index is 1.77. The summed E-state index contributed by atoms with van der Waals surface area (Å²) in [6.45, 7) is 5.43. The van der Waals surface area contributed by atoms with Crippen molar-refractivity contribution in [2.24, 2.45) is 0 Å². The maximum Gasteiger partial charge on any atom is 0.372 e. The minimum Gasteiger partial charge on any atom is -0.475 e. The summed E-state index contributed by atoms with van der Waals surface area (Å²) >= 11 is 0. The lowest BCUT2D eigenvalue weighted by molar-refractivity contribution is 0.0658. The quantitative estimate of drug-likeness (QED) is 0.662. The number of aromatic carboxylic acids is 1. The third-order valence-corrected chi connectivity index (χ3v) is 4.10. The fourth-order valence-electron chi connectivity index (χ4n) is 2.97. The van der Waals surface area contributed by atoms with Crippen LogP contribution in [0, 0.1) is 6.92 Å². The van der Waals surface area contributed by atoms with Gasteiger partial charge in [0.2, 0.25) is 5.76 Å². The number of benzene rings is 1. The van der Waals surface area contributed by atoms with Crippen LogP contribution in [0.15, 0.2) is 40.9 Å². The highest BCUT2D eigenvalue weighted by Gasteiger charge is 2.26. The Bertz CT molecular complexity index is 949. The van der Waals surface area contributed by atoms with E-state index in [-0.39, 0.29) is 11.5 Å². The number of carbonyl (C=O) groups is 2. The molecule has 0 fully saturated rings. The fourth-order valence-corrected chi connectivity index (χ4v) is 2.97. The molecule has 0 saturated heterocycles. The van der Waals surface area contributed by atoms with Gasteiger partial charge in [0.25, 0.3) is 5.91 Å².